The predicted octanol–water partition coefficient (Wildman–Crippen LogP) is 3.31. The molecule has 0 heterocycles. The van der Waals surface area contributed by atoms with Crippen molar-refractivity contribution < 1.29 is 23.8 Å². The fraction of sp³-hybridized carbons (Fsp3) is 0.300. The Morgan fingerprint density at radius 2 is 1.57 bits per heavy atom. The highest BCUT2D eigenvalue weighted by atomic mass is 79.9. The molecule has 2 rings (SSSR count). The van der Waals surface area contributed by atoms with Crippen molar-refractivity contribution in [2.75, 3.05) is 14.2 Å². The molecule has 150 valence electrons. The minimum Gasteiger partial charge on any atom is -0.493 e. The Morgan fingerprint density at radius 3 is 2.14 bits per heavy atom. The number of ether oxygens (including phenoxy) is 3. The molecule has 0 fully saturated rings. The third-order valence-corrected chi connectivity index (χ3v) is 4.49. The lowest BCUT2D eigenvalue weighted by Crippen LogP contribution is -2.47. The molecule has 0 aliphatic rings. The number of carbonyl (C=O) groups excluding carboxylic acids is 2. The summed E-state index contributed by atoms with van der Waals surface area (Å²) in [6.07, 6.45) is -0.802. The molecule has 0 saturated carbocycles. The van der Waals surface area contributed by atoms with Gasteiger partial charge in [0.25, 0.3) is 11.8 Å². The predicted molar refractivity (Wildman–Crippen MR) is 109 cm³/mol. The Bertz CT molecular complexity index is 862. The molecule has 8 heteroatoms. The molecule has 7 nitrogen and oxygen atoms in total. The van der Waals surface area contributed by atoms with Crippen molar-refractivity contribution in [3.05, 3.63) is 51.5 Å². The maximum atomic E-state index is 12.3. The number of methoxy groups -OCH3 is 2. The van der Waals surface area contributed by atoms with E-state index in [1.54, 1.807) is 19.1 Å². The molecular weight excluding hydrogens is 428 g/mol. The zero-order valence-electron chi connectivity index (χ0n) is 16.4. The van der Waals surface area contributed by atoms with Gasteiger partial charge in [-0.15, -0.1) is 0 Å². The van der Waals surface area contributed by atoms with Crippen LogP contribution in [0.3, 0.4) is 0 Å². The number of halogens is 1. The molecule has 0 aromatic heterocycles. The summed E-state index contributed by atoms with van der Waals surface area (Å²) in [7, 11) is 2.99. The van der Waals surface area contributed by atoms with Gasteiger partial charge in [-0.1, -0.05) is 15.9 Å². The fourth-order valence-electron chi connectivity index (χ4n) is 2.58. The zero-order chi connectivity index (χ0) is 20.8. The quantitative estimate of drug-likeness (QED) is 0.659. The Labute approximate surface area is 172 Å². The van der Waals surface area contributed by atoms with Crippen LogP contribution in [0.1, 0.15) is 28.4 Å². The summed E-state index contributed by atoms with van der Waals surface area (Å²) in [5.74, 6) is 0.592. The van der Waals surface area contributed by atoms with Crippen LogP contribution in [-0.4, -0.2) is 32.1 Å². The van der Waals surface area contributed by atoms with Crippen LogP contribution in [0.25, 0.3) is 0 Å². The molecule has 2 N–H and O–H groups in total. The van der Waals surface area contributed by atoms with Gasteiger partial charge < -0.3 is 14.2 Å². The topological polar surface area (TPSA) is 85.9 Å². The summed E-state index contributed by atoms with van der Waals surface area (Å²) >= 11 is 3.43. The van der Waals surface area contributed by atoms with Gasteiger partial charge in [0.05, 0.1) is 14.2 Å². The van der Waals surface area contributed by atoms with Gasteiger partial charge in [0.2, 0.25) is 0 Å². The van der Waals surface area contributed by atoms with Crippen molar-refractivity contribution in [3.63, 3.8) is 0 Å². The maximum absolute atomic E-state index is 12.3. The van der Waals surface area contributed by atoms with E-state index in [0.717, 1.165) is 15.6 Å². The van der Waals surface area contributed by atoms with Crippen molar-refractivity contribution in [1.29, 1.82) is 0 Å². The number of hydrogen-bond donors (Lipinski definition) is 2. The van der Waals surface area contributed by atoms with E-state index in [9.17, 15) is 9.59 Å². The number of hydrazine groups is 1. The van der Waals surface area contributed by atoms with Crippen LogP contribution < -0.4 is 25.1 Å². The van der Waals surface area contributed by atoms with E-state index in [0.29, 0.717) is 22.8 Å². The summed E-state index contributed by atoms with van der Waals surface area (Å²) in [5.41, 5.74) is 6.86. The second-order valence-corrected chi connectivity index (χ2v) is 7.06. The van der Waals surface area contributed by atoms with Crippen LogP contribution in [0.15, 0.2) is 34.8 Å². The second kappa shape index (κ2) is 9.45. The van der Waals surface area contributed by atoms with E-state index in [-0.39, 0.29) is 0 Å². The lowest BCUT2D eigenvalue weighted by atomic mass is 10.1. The molecule has 0 saturated heterocycles. The van der Waals surface area contributed by atoms with Crippen LogP contribution in [0.4, 0.5) is 0 Å². The van der Waals surface area contributed by atoms with Gasteiger partial charge in [-0.05, 0) is 62.2 Å². The molecule has 1 unspecified atom stereocenters. The van der Waals surface area contributed by atoms with Crippen LogP contribution in [0, 0.1) is 13.8 Å². The molecule has 0 bridgehead atoms. The van der Waals surface area contributed by atoms with Crippen molar-refractivity contribution in [3.8, 4) is 17.2 Å². The van der Waals surface area contributed by atoms with E-state index >= 15 is 0 Å². The number of rotatable bonds is 6. The SMILES string of the molecule is COc1ccc(C(=O)NNC(=O)C(C)Oc2c(C)cc(Br)cc2C)cc1OC. The number of nitrogens with one attached hydrogen (secondary N) is 2. The van der Waals surface area contributed by atoms with Crippen molar-refractivity contribution in [2.24, 2.45) is 0 Å². The summed E-state index contributed by atoms with van der Waals surface area (Å²) in [6, 6.07) is 8.52. The molecule has 1 atom stereocenters. The molecule has 2 aromatic rings. The first-order valence-corrected chi connectivity index (χ1v) is 9.31. The lowest BCUT2D eigenvalue weighted by molar-refractivity contribution is -0.128. The van der Waals surface area contributed by atoms with E-state index in [1.165, 1.54) is 20.3 Å². The lowest BCUT2D eigenvalue weighted by Gasteiger charge is -2.18. The first kappa shape index (κ1) is 21.6. The van der Waals surface area contributed by atoms with Gasteiger partial charge in [-0.25, -0.2) is 0 Å². The molecular formula is C20H23BrN2O5. The van der Waals surface area contributed by atoms with Gasteiger partial charge in [0.15, 0.2) is 17.6 Å². The fourth-order valence-corrected chi connectivity index (χ4v) is 3.27. The van der Waals surface area contributed by atoms with E-state index in [2.05, 4.69) is 26.8 Å². The monoisotopic (exact) mass is 450 g/mol. The number of aryl methyl sites for hydroxylation is 2. The molecule has 28 heavy (non-hydrogen) atoms. The van der Waals surface area contributed by atoms with E-state index in [4.69, 9.17) is 14.2 Å². The molecule has 0 spiro atoms. The second-order valence-electron chi connectivity index (χ2n) is 6.14. The molecule has 0 aliphatic heterocycles. The number of carbonyl (C=O) groups is 2. The van der Waals surface area contributed by atoms with Crippen LogP contribution >= 0.6 is 15.9 Å². The smallest absolute Gasteiger partial charge is 0.279 e. The number of benzene rings is 2. The zero-order valence-corrected chi connectivity index (χ0v) is 18.0. The van der Waals surface area contributed by atoms with Gasteiger partial charge >= 0.3 is 0 Å². The van der Waals surface area contributed by atoms with Crippen molar-refractivity contribution >= 4 is 27.7 Å². The molecule has 0 aliphatic carbocycles. The van der Waals surface area contributed by atoms with Gasteiger partial charge in [-0.2, -0.15) is 0 Å². The average molecular weight is 451 g/mol. The van der Waals surface area contributed by atoms with Crippen LogP contribution in [0.2, 0.25) is 0 Å². The molecule has 2 aromatic carbocycles. The first-order valence-electron chi connectivity index (χ1n) is 8.52. The number of amides is 2. The van der Waals surface area contributed by atoms with Crippen LogP contribution in [-0.2, 0) is 4.79 Å². The largest absolute Gasteiger partial charge is 0.493 e. The first-order chi connectivity index (χ1) is 13.3. The van der Waals surface area contributed by atoms with Gasteiger partial charge in [-0.3, -0.25) is 20.4 Å². The highest BCUT2D eigenvalue weighted by Gasteiger charge is 2.18. The third kappa shape index (κ3) is 5.16. The van der Waals surface area contributed by atoms with E-state index in [1.807, 2.05) is 26.0 Å². The van der Waals surface area contributed by atoms with Crippen LogP contribution in [0.5, 0.6) is 17.2 Å². The standard InChI is InChI=1S/C20H23BrN2O5/c1-11-8-15(21)9-12(2)18(11)28-13(3)19(24)22-23-20(25)14-6-7-16(26-4)17(10-14)27-5/h6-10,13H,1-5H3,(H,22,24)(H,23,25). The van der Waals surface area contributed by atoms with Gasteiger partial charge in [0.1, 0.15) is 5.75 Å². The molecule has 2 amide bonds. The van der Waals surface area contributed by atoms with Gasteiger partial charge in [0, 0.05) is 10.0 Å². The Morgan fingerprint density at radius 1 is 0.964 bits per heavy atom. The summed E-state index contributed by atoms with van der Waals surface area (Å²) in [4.78, 5) is 24.6. The maximum Gasteiger partial charge on any atom is 0.279 e. The normalized spacial score (nSPS) is 11.4. The molecule has 0 radical (unpaired) electrons. The van der Waals surface area contributed by atoms with Crippen molar-refractivity contribution in [2.45, 2.75) is 26.9 Å². The summed E-state index contributed by atoms with van der Waals surface area (Å²) < 4.78 is 17.0. The Hall–Kier alpha value is -2.74. The summed E-state index contributed by atoms with van der Waals surface area (Å²) in [5, 5.41) is 0. The minimum atomic E-state index is -0.802. The average Bonchev–Trinajstić information content (AvgIpc) is 2.67. The minimum absolute atomic E-state index is 0.311. The number of hydrogen-bond acceptors (Lipinski definition) is 5. The summed E-state index contributed by atoms with van der Waals surface area (Å²) in [6.45, 7) is 5.41. The Kier molecular flexibility index (Phi) is 7.28. The van der Waals surface area contributed by atoms with E-state index < -0.39 is 17.9 Å². The third-order valence-electron chi connectivity index (χ3n) is 4.03. The highest BCUT2D eigenvalue weighted by molar-refractivity contribution is 9.10. The van der Waals surface area contributed by atoms with Crippen molar-refractivity contribution in [1.82, 2.24) is 10.9 Å². The highest BCUT2D eigenvalue weighted by Crippen LogP contribution is 2.28. The Balaban J connectivity index is 1.99.